The molecule has 168 valence electrons. The highest BCUT2D eigenvalue weighted by Gasteiger charge is 2.15. The van der Waals surface area contributed by atoms with E-state index >= 15 is 0 Å². The molecule has 0 fully saturated rings. The lowest BCUT2D eigenvalue weighted by molar-refractivity contribution is -0.113. The van der Waals surface area contributed by atoms with E-state index in [2.05, 4.69) is 43.7 Å². The van der Waals surface area contributed by atoms with Gasteiger partial charge in [0.15, 0.2) is 10.9 Å². The minimum atomic E-state index is -0.155. The van der Waals surface area contributed by atoms with Gasteiger partial charge in [0.1, 0.15) is 5.82 Å². The summed E-state index contributed by atoms with van der Waals surface area (Å²) >= 11 is 3.06. The average molecular weight is 477 g/mol. The molecule has 1 amide bonds. The Morgan fingerprint density at radius 2 is 1.88 bits per heavy atom. The summed E-state index contributed by atoms with van der Waals surface area (Å²) in [5.41, 5.74) is 2.42. The Labute approximate surface area is 201 Å². The number of thiophene rings is 1. The molecule has 2 heterocycles. The van der Waals surface area contributed by atoms with E-state index in [4.69, 9.17) is 0 Å². The van der Waals surface area contributed by atoms with Crippen molar-refractivity contribution < 1.29 is 9.59 Å². The highest BCUT2D eigenvalue weighted by molar-refractivity contribution is 7.99. The highest BCUT2D eigenvalue weighted by atomic mass is 32.2. The maximum atomic E-state index is 12.5. The lowest BCUT2D eigenvalue weighted by Gasteiger charge is -2.10. The largest absolute Gasteiger partial charge is 0.325 e. The van der Waals surface area contributed by atoms with Crippen LogP contribution in [-0.4, -0.2) is 32.2 Å². The van der Waals surface area contributed by atoms with Crippen LogP contribution in [0.3, 0.4) is 0 Å². The number of benzene rings is 2. The van der Waals surface area contributed by atoms with Crippen LogP contribution in [0, 0.1) is 0 Å². The number of nitrogens with zero attached hydrogens (tertiary/aromatic N) is 3. The number of anilines is 1. The minimum absolute atomic E-state index is 0.0368. The van der Waals surface area contributed by atoms with E-state index in [1.807, 2.05) is 24.3 Å². The summed E-state index contributed by atoms with van der Waals surface area (Å²) in [5, 5.41) is 14.5. The SMILES string of the molecule is CC(=O)c1cccc(NC(=O)CSc2nnc(Cc3cccs3)n2CCc2ccccc2)c1. The van der Waals surface area contributed by atoms with Gasteiger partial charge < -0.3 is 9.88 Å². The fourth-order valence-electron chi connectivity index (χ4n) is 3.38. The van der Waals surface area contributed by atoms with Gasteiger partial charge in [0.2, 0.25) is 5.91 Å². The molecular weight excluding hydrogens is 452 g/mol. The van der Waals surface area contributed by atoms with E-state index in [1.165, 1.54) is 29.1 Å². The highest BCUT2D eigenvalue weighted by Crippen LogP contribution is 2.22. The third kappa shape index (κ3) is 6.40. The van der Waals surface area contributed by atoms with Crippen LogP contribution in [-0.2, 0) is 24.2 Å². The molecule has 4 aromatic rings. The first-order chi connectivity index (χ1) is 16.1. The van der Waals surface area contributed by atoms with Gasteiger partial charge in [-0.3, -0.25) is 9.59 Å². The molecule has 33 heavy (non-hydrogen) atoms. The molecule has 0 aliphatic rings. The smallest absolute Gasteiger partial charge is 0.234 e. The zero-order chi connectivity index (χ0) is 23.0. The number of hydrogen-bond donors (Lipinski definition) is 1. The Kier molecular flexibility index (Phi) is 7.70. The van der Waals surface area contributed by atoms with Gasteiger partial charge in [0.25, 0.3) is 0 Å². The average Bonchev–Trinajstić information content (AvgIpc) is 3.47. The molecule has 4 rings (SSSR count). The quantitative estimate of drug-likeness (QED) is 0.254. The summed E-state index contributed by atoms with van der Waals surface area (Å²) < 4.78 is 2.11. The van der Waals surface area contributed by atoms with Crippen molar-refractivity contribution in [3.8, 4) is 0 Å². The van der Waals surface area contributed by atoms with Gasteiger partial charge >= 0.3 is 0 Å². The van der Waals surface area contributed by atoms with Crippen molar-refractivity contribution in [1.29, 1.82) is 0 Å². The van der Waals surface area contributed by atoms with Crippen molar-refractivity contribution in [2.75, 3.05) is 11.1 Å². The second-order valence-electron chi connectivity index (χ2n) is 7.52. The number of nitrogens with one attached hydrogen (secondary N) is 1. The van der Waals surface area contributed by atoms with E-state index in [1.54, 1.807) is 35.6 Å². The third-order valence-electron chi connectivity index (χ3n) is 5.06. The molecule has 0 saturated carbocycles. The van der Waals surface area contributed by atoms with Crippen molar-refractivity contribution >= 4 is 40.5 Å². The second kappa shape index (κ2) is 11.1. The van der Waals surface area contributed by atoms with Gasteiger partial charge in [0.05, 0.1) is 5.75 Å². The van der Waals surface area contributed by atoms with Crippen LogP contribution in [0.2, 0.25) is 0 Å². The number of carbonyl (C=O) groups is 2. The monoisotopic (exact) mass is 476 g/mol. The predicted molar refractivity (Wildman–Crippen MR) is 133 cm³/mol. The molecule has 0 saturated heterocycles. The number of ketones is 1. The van der Waals surface area contributed by atoms with Gasteiger partial charge in [0, 0.05) is 29.1 Å². The lowest BCUT2D eigenvalue weighted by Crippen LogP contribution is -2.15. The molecule has 0 unspecified atom stereocenters. The first-order valence-corrected chi connectivity index (χ1v) is 12.5. The van der Waals surface area contributed by atoms with Gasteiger partial charge in [-0.25, -0.2) is 0 Å². The number of aromatic nitrogens is 3. The molecular formula is C25H24N4O2S2. The van der Waals surface area contributed by atoms with Gasteiger partial charge in [-0.15, -0.1) is 21.5 Å². The van der Waals surface area contributed by atoms with Crippen molar-refractivity contribution in [2.45, 2.75) is 31.5 Å². The third-order valence-corrected chi connectivity index (χ3v) is 6.90. The molecule has 2 aromatic heterocycles. The Morgan fingerprint density at radius 1 is 1.03 bits per heavy atom. The lowest BCUT2D eigenvalue weighted by atomic mass is 10.1. The van der Waals surface area contributed by atoms with Gasteiger partial charge in [-0.1, -0.05) is 60.3 Å². The molecule has 0 bridgehead atoms. The number of thioether (sulfide) groups is 1. The van der Waals surface area contributed by atoms with Crippen LogP contribution in [0.15, 0.2) is 77.3 Å². The number of hydrogen-bond acceptors (Lipinski definition) is 6. The molecule has 0 spiro atoms. The Balaban J connectivity index is 1.44. The zero-order valence-corrected chi connectivity index (χ0v) is 19.9. The Morgan fingerprint density at radius 3 is 2.64 bits per heavy atom. The van der Waals surface area contributed by atoms with Crippen molar-refractivity contribution in [3.63, 3.8) is 0 Å². The maximum Gasteiger partial charge on any atom is 0.234 e. The van der Waals surface area contributed by atoms with Gasteiger partial charge in [-0.05, 0) is 42.5 Å². The summed E-state index contributed by atoms with van der Waals surface area (Å²) in [5.74, 6) is 0.904. The summed E-state index contributed by atoms with van der Waals surface area (Å²) in [6, 6.07) is 21.4. The van der Waals surface area contributed by atoms with E-state index in [9.17, 15) is 9.59 Å². The summed E-state index contributed by atoms with van der Waals surface area (Å²) in [7, 11) is 0. The topological polar surface area (TPSA) is 76.9 Å². The summed E-state index contributed by atoms with van der Waals surface area (Å²) in [4.78, 5) is 25.4. The Bertz CT molecular complexity index is 1220. The van der Waals surface area contributed by atoms with Crippen LogP contribution < -0.4 is 5.32 Å². The summed E-state index contributed by atoms with van der Waals surface area (Å²) in [6.07, 6.45) is 1.57. The minimum Gasteiger partial charge on any atom is -0.325 e. The normalized spacial score (nSPS) is 10.8. The molecule has 1 N–H and O–H groups in total. The van der Waals surface area contributed by atoms with Crippen molar-refractivity contribution in [1.82, 2.24) is 14.8 Å². The van der Waals surface area contributed by atoms with E-state index < -0.39 is 0 Å². The second-order valence-corrected chi connectivity index (χ2v) is 9.49. The van der Waals surface area contributed by atoms with Crippen LogP contribution in [0.25, 0.3) is 0 Å². The molecule has 0 atom stereocenters. The first kappa shape index (κ1) is 22.9. The summed E-state index contributed by atoms with van der Waals surface area (Å²) in [6.45, 7) is 2.25. The number of carbonyl (C=O) groups excluding carboxylic acids is 2. The molecule has 0 radical (unpaired) electrons. The van der Waals surface area contributed by atoms with E-state index in [-0.39, 0.29) is 17.4 Å². The fourth-order valence-corrected chi connectivity index (χ4v) is 4.86. The molecule has 0 aliphatic heterocycles. The molecule has 8 heteroatoms. The van der Waals surface area contributed by atoms with E-state index in [0.717, 1.165) is 23.9 Å². The van der Waals surface area contributed by atoms with Crippen molar-refractivity contribution in [3.05, 3.63) is 93.9 Å². The first-order valence-electron chi connectivity index (χ1n) is 10.6. The van der Waals surface area contributed by atoms with Crippen LogP contribution >= 0.6 is 23.1 Å². The van der Waals surface area contributed by atoms with Crippen LogP contribution in [0.1, 0.15) is 33.5 Å². The number of amides is 1. The Hall–Kier alpha value is -3.23. The van der Waals surface area contributed by atoms with Gasteiger partial charge in [-0.2, -0.15) is 0 Å². The number of Topliss-reactive ketones (excluding diaryl/α,β-unsaturated/α-hetero) is 1. The number of aryl methyl sites for hydroxylation is 1. The predicted octanol–water partition coefficient (Wildman–Crippen LogP) is 5.11. The molecule has 2 aromatic carbocycles. The molecule has 6 nitrogen and oxygen atoms in total. The number of rotatable bonds is 10. The maximum absolute atomic E-state index is 12.5. The van der Waals surface area contributed by atoms with Crippen LogP contribution in [0.5, 0.6) is 0 Å². The fraction of sp³-hybridized carbons (Fsp3) is 0.200. The van der Waals surface area contributed by atoms with Crippen molar-refractivity contribution in [2.24, 2.45) is 0 Å². The standard InChI is InChI=1S/C25H24N4O2S2/c1-18(30)20-9-5-10-21(15-20)26-24(31)17-33-25-28-27-23(16-22-11-6-14-32-22)29(25)13-12-19-7-3-2-4-8-19/h2-11,14-15H,12-13,16-17H2,1H3,(H,26,31). The van der Waals surface area contributed by atoms with Crippen LogP contribution in [0.4, 0.5) is 5.69 Å². The molecule has 0 aliphatic carbocycles. The zero-order valence-electron chi connectivity index (χ0n) is 18.2. The van der Waals surface area contributed by atoms with E-state index in [0.29, 0.717) is 17.7 Å².